The Labute approximate surface area is 141 Å². The number of fused-ring (bicyclic) bond motifs is 1. The summed E-state index contributed by atoms with van der Waals surface area (Å²) >= 11 is 0. The Kier molecular flexibility index (Phi) is 4.38. The standard InChI is InChI=1S/C20H21NO3/c1-12-10-16(17(20(23)24)11-13(12)2)19(22)21-18-9-5-7-14-6-3-4-8-15(14)18/h3-9,16-17H,10-11H2,1-2H3,(H,21,22)(H,23,24)/p-1/t16-,17-/m1/s1. The van der Waals surface area contributed by atoms with Gasteiger partial charge in [-0.3, -0.25) is 4.79 Å². The molecule has 3 rings (SSSR count). The highest BCUT2D eigenvalue weighted by Crippen LogP contribution is 2.35. The summed E-state index contributed by atoms with van der Waals surface area (Å²) in [6.07, 6.45) is 0.836. The highest BCUT2D eigenvalue weighted by atomic mass is 16.4. The molecule has 2 atom stereocenters. The summed E-state index contributed by atoms with van der Waals surface area (Å²) < 4.78 is 0. The van der Waals surface area contributed by atoms with Gasteiger partial charge in [0.1, 0.15) is 0 Å². The molecular weight excluding hydrogens is 302 g/mol. The molecule has 4 heteroatoms. The van der Waals surface area contributed by atoms with Crippen LogP contribution in [0.4, 0.5) is 5.69 Å². The van der Waals surface area contributed by atoms with Crippen LogP contribution >= 0.6 is 0 Å². The number of carboxylic acids is 1. The fourth-order valence-electron chi connectivity index (χ4n) is 3.38. The fraction of sp³-hybridized carbons (Fsp3) is 0.300. The molecule has 0 heterocycles. The summed E-state index contributed by atoms with van der Waals surface area (Å²) in [7, 11) is 0. The molecule has 0 aromatic heterocycles. The van der Waals surface area contributed by atoms with Crippen LogP contribution in [0.3, 0.4) is 0 Å². The van der Waals surface area contributed by atoms with Crippen LogP contribution in [0.2, 0.25) is 0 Å². The van der Waals surface area contributed by atoms with Gasteiger partial charge in [0.15, 0.2) is 0 Å². The lowest BCUT2D eigenvalue weighted by Crippen LogP contribution is -2.42. The van der Waals surface area contributed by atoms with Crippen molar-refractivity contribution in [2.75, 3.05) is 5.32 Å². The van der Waals surface area contributed by atoms with Gasteiger partial charge in [0, 0.05) is 23.0 Å². The number of hydrogen-bond donors (Lipinski definition) is 1. The lowest BCUT2D eigenvalue weighted by Gasteiger charge is -2.32. The molecule has 0 bridgehead atoms. The van der Waals surface area contributed by atoms with Crippen molar-refractivity contribution in [1.29, 1.82) is 0 Å². The van der Waals surface area contributed by atoms with E-state index in [4.69, 9.17) is 0 Å². The molecule has 24 heavy (non-hydrogen) atoms. The smallest absolute Gasteiger partial charge is 0.228 e. The summed E-state index contributed by atoms with van der Waals surface area (Å²) in [5, 5.41) is 16.4. The highest BCUT2D eigenvalue weighted by molar-refractivity contribution is 6.03. The van der Waals surface area contributed by atoms with E-state index in [-0.39, 0.29) is 5.91 Å². The third-order valence-corrected chi connectivity index (χ3v) is 4.95. The molecule has 2 aromatic rings. The van der Waals surface area contributed by atoms with Crippen LogP contribution in [0.15, 0.2) is 53.6 Å². The maximum Gasteiger partial charge on any atom is 0.228 e. The maximum atomic E-state index is 12.8. The number of carbonyl (C=O) groups excluding carboxylic acids is 2. The molecule has 1 amide bonds. The van der Waals surface area contributed by atoms with Gasteiger partial charge in [-0.15, -0.1) is 0 Å². The minimum absolute atomic E-state index is 0.257. The second kappa shape index (κ2) is 6.48. The van der Waals surface area contributed by atoms with Crippen LogP contribution in [0, 0.1) is 11.8 Å². The second-order valence-electron chi connectivity index (χ2n) is 6.52. The van der Waals surface area contributed by atoms with Gasteiger partial charge in [0.2, 0.25) is 5.91 Å². The zero-order chi connectivity index (χ0) is 17.3. The Morgan fingerprint density at radius 3 is 2.29 bits per heavy atom. The molecular formula is C20H20NO3-. The zero-order valence-electron chi connectivity index (χ0n) is 13.8. The number of hydrogen-bond acceptors (Lipinski definition) is 3. The van der Waals surface area contributed by atoms with E-state index < -0.39 is 17.8 Å². The molecule has 0 fully saturated rings. The first kappa shape index (κ1) is 16.2. The Morgan fingerprint density at radius 1 is 0.958 bits per heavy atom. The number of carboxylic acid groups (broad SMARTS) is 1. The molecule has 0 radical (unpaired) electrons. The number of benzene rings is 2. The number of carbonyl (C=O) groups is 2. The molecule has 1 aliphatic carbocycles. The van der Waals surface area contributed by atoms with Crippen LogP contribution in [0.25, 0.3) is 10.8 Å². The molecule has 0 saturated carbocycles. The van der Waals surface area contributed by atoms with Crippen molar-refractivity contribution in [1.82, 2.24) is 0 Å². The van der Waals surface area contributed by atoms with Crippen molar-refractivity contribution in [2.45, 2.75) is 26.7 Å². The molecule has 0 aliphatic heterocycles. The van der Waals surface area contributed by atoms with E-state index in [9.17, 15) is 14.7 Å². The van der Waals surface area contributed by atoms with E-state index >= 15 is 0 Å². The summed E-state index contributed by atoms with van der Waals surface area (Å²) in [5.74, 6) is -2.78. The van der Waals surface area contributed by atoms with Crippen LogP contribution in [0.5, 0.6) is 0 Å². The van der Waals surface area contributed by atoms with Gasteiger partial charge in [-0.2, -0.15) is 0 Å². The third-order valence-electron chi connectivity index (χ3n) is 4.95. The van der Waals surface area contributed by atoms with Crippen LogP contribution in [-0.2, 0) is 9.59 Å². The van der Waals surface area contributed by atoms with Crippen molar-refractivity contribution in [3.05, 3.63) is 53.6 Å². The van der Waals surface area contributed by atoms with Gasteiger partial charge in [-0.25, -0.2) is 0 Å². The fourth-order valence-corrected chi connectivity index (χ4v) is 3.38. The topological polar surface area (TPSA) is 69.2 Å². The van der Waals surface area contributed by atoms with E-state index in [1.54, 1.807) is 0 Å². The van der Waals surface area contributed by atoms with E-state index in [1.807, 2.05) is 56.3 Å². The van der Waals surface area contributed by atoms with Crippen molar-refractivity contribution in [3.8, 4) is 0 Å². The highest BCUT2D eigenvalue weighted by Gasteiger charge is 2.33. The number of nitrogens with one attached hydrogen (secondary N) is 1. The number of aliphatic carboxylic acids is 1. The molecule has 1 N–H and O–H groups in total. The van der Waals surface area contributed by atoms with E-state index in [1.165, 1.54) is 0 Å². The first-order chi connectivity index (χ1) is 11.5. The summed E-state index contributed by atoms with van der Waals surface area (Å²) in [4.78, 5) is 24.2. The predicted molar refractivity (Wildman–Crippen MR) is 92.2 cm³/mol. The molecule has 1 aliphatic rings. The normalized spacial score (nSPS) is 20.9. The first-order valence-corrected chi connectivity index (χ1v) is 8.12. The van der Waals surface area contributed by atoms with Crippen LogP contribution in [-0.4, -0.2) is 11.9 Å². The van der Waals surface area contributed by atoms with Gasteiger partial charge in [-0.1, -0.05) is 47.5 Å². The first-order valence-electron chi connectivity index (χ1n) is 8.12. The minimum atomic E-state index is -1.15. The average Bonchev–Trinajstić information content (AvgIpc) is 2.57. The number of allylic oxidation sites excluding steroid dienone is 2. The minimum Gasteiger partial charge on any atom is -0.550 e. The van der Waals surface area contributed by atoms with Gasteiger partial charge in [0.25, 0.3) is 0 Å². The largest absolute Gasteiger partial charge is 0.550 e. The molecule has 0 unspecified atom stereocenters. The Morgan fingerprint density at radius 2 is 1.58 bits per heavy atom. The average molecular weight is 322 g/mol. The van der Waals surface area contributed by atoms with Crippen molar-refractivity contribution in [2.24, 2.45) is 11.8 Å². The lowest BCUT2D eigenvalue weighted by atomic mass is 9.76. The number of rotatable bonds is 3. The molecule has 0 spiro atoms. The predicted octanol–water partition coefficient (Wildman–Crippen LogP) is 2.89. The second-order valence-corrected chi connectivity index (χ2v) is 6.52. The van der Waals surface area contributed by atoms with E-state index in [0.717, 1.165) is 21.9 Å². The third kappa shape index (κ3) is 3.04. The number of amides is 1. The van der Waals surface area contributed by atoms with Crippen LogP contribution in [0.1, 0.15) is 26.7 Å². The maximum absolute atomic E-state index is 12.8. The van der Waals surface area contributed by atoms with Crippen LogP contribution < -0.4 is 10.4 Å². The Hall–Kier alpha value is -2.62. The molecule has 2 aromatic carbocycles. The van der Waals surface area contributed by atoms with E-state index in [2.05, 4.69) is 5.32 Å². The van der Waals surface area contributed by atoms with Crippen molar-refractivity contribution < 1.29 is 14.7 Å². The summed E-state index contributed by atoms with van der Waals surface area (Å²) in [5.41, 5.74) is 2.84. The lowest BCUT2D eigenvalue weighted by molar-refractivity contribution is -0.313. The van der Waals surface area contributed by atoms with Gasteiger partial charge >= 0.3 is 0 Å². The Bertz CT molecular complexity index is 832. The van der Waals surface area contributed by atoms with E-state index in [0.29, 0.717) is 18.5 Å². The monoisotopic (exact) mass is 322 g/mol. The van der Waals surface area contributed by atoms with Gasteiger partial charge < -0.3 is 15.2 Å². The van der Waals surface area contributed by atoms with Crippen molar-refractivity contribution in [3.63, 3.8) is 0 Å². The molecule has 0 saturated heterocycles. The van der Waals surface area contributed by atoms with Gasteiger partial charge in [0.05, 0.1) is 5.92 Å². The number of anilines is 1. The quantitative estimate of drug-likeness (QED) is 0.883. The van der Waals surface area contributed by atoms with Crippen molar-refractivity contribution >= 4 is 28.3 Å². The molecule has 4 nitrogen and oxygen atoms in total. The summed E-state index contributed by atoms with van der Waals surface area (Å²) in [6.45, 7) is 3.88. The summed E-state index contributed by atoms with van der Waals surface area (Å²) in [6, 6.07) is 13.5. The SMILES string of the molecule is CC1=C(C)C[C@@H](C(=O)Nc2cccc3ccccc23)[C@H](C(=O)[O-])C1. The van der Waals surface area contributed by atoms with Gasteiger partial charge in [-0.05, 0) is 38.1 Å². The molecule has 124 valence electrons. The zero-order valence-corrected chi connectivity index (χ0v) is 13.8. The Balaban J connectivity index is 1.89.